The highest BCUT2D eigenvalue weighted by Crippen LogP contribution is 2.38. The molecule has 11 heteroatoms. The molecule has 1 unspecified atom stereocenters. The Hall–Kier alpha value is -2.88. The Morgan fingerprint density at radius 2 is 1.86 bits per heavy atom. The fourth-order valence-electron chi connectivity index (χ4n) is 3.32. The van der Waals surface area contributed by atoms with E-state index in [1.807, 2.05) is 0 Å². The minimum absolute atomic E-state index is 0.0844. The SMILES string of the molecule is Cc1c(Cl)c(C(F)(F)F)nn1C1CCN(c2cnn(-c3ccc(F)cc3)c2)C1=O. The molecular formula is C18H14ClF4N5O. The molecule has 1 amide bonds. The van der Waals surface area contributed by atoms with Crippen LogP contribution in [-0.2, 0) is 11.0 Å². The fourth-order valence-corrected chi connectivity index (χ4v) is 3.55. The number of benzene rings is 1. The molecule has 0 N–H and O–H groups in total. The van der Waals surface area contributed by atoms with Crippen LogP contribution in [0.1, 0.15) is 23.9 Å². The molecule has 152 valence electrons. The average molecular weight is 428 g/mol. The lowest BCUT2D eigenvalue weighted by Crippen LogP contribution is -2.28. The van der Waals surface area contributed by atoms with Crippen molar-refractivity contribution in [3.8, 4) is 5.69 Å². The van der Waals surface area contributed by atoms with Crippen molar-refractivity contribution in [2.24, 2.45) is 0 Å². The maximum Gasteiger partial charge on any atom is 0.436 e. The molecule has 0 spiro atoms. The zero-order valence-corrected chi connectivity index (χ0v) is 15.7. The summed E-state index contributed by atoms with van der Waals surface area (Å²) in [6.45, 7) is 1.68. The number of hydrogen-bond acceptors (Lipinski definition) is 3. The van der Waals surface area contributed by atoms with Gasteiger partial charge in [0.25, 0.3) is 5.91 Å². The number of carbonyl (C=O) groups excluding carboxylic acids is 1. The van der Waals surface area contributed by atoms with Crippen LogP contribution in [0.25, 0.3) is 5.69 Å². The van der Waals surface area contributed by atoms with Crippen molar-refractivity contribution in [3.63, 3.8) is 0 Å². The third kappa shape index (κ3) is 3.37. The third-order valence-corrected chi connectivity index (χ3v) is 5.24. The lowest BCUT2D eigenvalue weighted by atomic mass is 10.2. The summed E-state index contributed by atoms with van der Waals surface area (Å²) in [6, 6.07) is 4.76. The number of carbonyl (C=O) groups is 1. The van der Waals surface area contributed by atoms with Crippen LogP contribution >= 0.6 is 11.6 Å². The van der Waals surface area contributed by atoms with Gasteiger partial charge < -0.3 is 4.90 Å². The van der Waals surface area contributed by atoms with Crippen LogP contribution in [0.3, 0.4) is 0 Å². The molecule has 1 aliphatic heterocycles. The smallest absolute Gasteiger partial charge is 0.308 e. The zero-order valence-electron chi connectivity index (χ0n) is 15.0. The highest BCUT2D eigenvalue weighted by Gasteiger charge is 2.42. The number of rotatable bonds is 3. The monoisotopic (exact) mass is 427 g/mol. The molecule has 1 fully saturated rings. The van der Waals surface area contributed by atoms with Crippen molar-refractivity contribution < 1.29 is 22.4 Å². The molecule has 1 aliphatic rings. The van der Waals surface area contributed by atoms with Gasteiger partial charge in [0, 0.05) is 6.54 Å². The fraction of sp³-hybridized carbons (Fsp3) is 0.278. The summed E-state index contributed by atoms with van der Waals surface area (Å²) >= 11 is 5.79. The lowest BCUT2D eigenvalue weighted by molar-refractivity contribution is -0.141. The van der Waals surface area contributed by atoms with E-state index < -0.39 is 28.8 Å². The van der Waals surface area contributed by atoms with E-state index in [0.717, 1.165) is 4.68 Å². The van der Waals surface area contributed by atoms with Crippen molar-refractivity contribution in [2.75, 3.05) is 11.4 Å². The molecule has 4 rings (SSSR count). The van der Waals surface area contributed by atoms with Crippen LogP contribution in [-0.4, -0.2) is 32.0 Å². The van der Waals surface area contributed by atoms with E-state index in [2.05, 4.69) is 10.2 Å². The van der Waals surface area contributed by atoms with E-state index in [1.165, 1.54) is 47.0 Å². The van der Waals surface area contributed by atoms with Crippen molar-refractivity contribution in [3.05, 3.63) is 58.9 Å². The molecule has 0 radical (unpaired) electrons. The maximum atomic E-state index is 13.1. The summed E-state index contributed by atoms with van der Waals surface area (Å²) in [5, 5.41) is 7.22. The number of amides is 1. The van der Waals surface area contributed by atoms with Crippen LogP contribution in [0.5, 0.6) is 0 Å². The minimum atomic E-state index is -4.70. The predicted octanol–water partition coefficient (Wildman–Crippen LogP) is 4.17. The van der Waals surface area contributed by atoms with Gasteiger partial charge >= 0.3 is 6.18 Å². The van der Waals surface area contributed by atoms with Gasteiger partial charge in [-0.3, -0.25) is 9.48 Å². The first-order valence-electron chi connectivity index (χ1n) is 8.60. The van der Waals surface area contributed by atoms with Crippen molar-refractivity contribution in [2.45, 2.75) is 25.6 Å². The van der Waals surface area contributed by atoms with E-state index in [1.54, 1.807) is 6.20 Å². The number of aromatic nitrogens is 4. The van der Waals surface area contributed by atoms with Gasteiger partial charge in [0.15, 0.2) is 5.69 Å². The van der Waals surface area contributed by atoms with Gasteiger partial charge in [0.1, 0.15) is 11.9 Å². The first-order chi connectivity index (χ1) is 13.7. The number of nitrogens with zero attached hydrogens (tertiary/aromatic N) is 5. The van der Waals surface area contributed by atoms with E-state index in [9.17, 15) is 22.4 Å². The molecule has 0 saturated carbocycles. The molecule has 0 aliphatic carbocycles. The Morgan fingerprint density at radius 3 is 2.48 bits per heavy atom. The minimum Gasteiger partial charge on any atom is -0.308 e. The first kappa shape index (κ1) is 19.4. The van der Waals surface area contributed by atoms with Crippen LogP contribution < -0.4 is 4.90 Å². The van der Waals surface area contributed by atoms with Crippen LogP contribution in [0.15, 0.2) is 36.7 Å². The Kier molecular flexibility index (Phi) is 4.60. The first-order valence-corrected chi connectivity index (χ1v) is 8.98. The van der Waals surface area contributed by atoms with Gasteiger partial charge in [0.2, 0.25) is 0 Å². The second-order valence-corrected chi connectivity index (χ2v) is 6.98. The predicted molar refractivity (Wildman–Crippen MR) is 96.5 cm³/mol. The van der Waals surface area contributed by atoms with Gasteiger partial charge in [-0.05, 0) is 37.6 Å². The molecule has 1 atom stereocenters. The van der Waals surface area contributed by atoms with Gasteiger partial charge in [0.05, 0.1) is 34.5 Å². The molecule has 1 saturated heterocycles. The van der Waals surface area contributed by atoms with Crippen molar-refractivity contribution >= 4 is 23.2 Å². The summed E-state index contributed by atoms with van der Waals surface area (Å²) in [6.07, 6.45) is -1.37. The van der Waals surface area contributed by atoms with Gasteiger partial charge in [-0.2, -0.15) is 23.4 Å². The van der Waals surface area contributed by atoms with E-state index in [-0.39, 0.29) is 24.5 Å². The standard InChI is InChI=1S/C18H14ClF4N5O/c1-10-15(19)16(18(21,22)23)25-28(10)14-6-7-26(17(14)29)13-8-24-27(9-13)12-4-2-11(20)3-5-12/h2-5,8-9,14H,6-7H2,1H3. The van der Waals surface area contributed by atoms with Gasteiger partial charge in [-0.1, -0.05) is 11.6 Å². The number of halogens is 5. The number of alkyl halides is 3. The maximum absolute atomic E-state index is 13.1. The summed E-state index contributed by atoms with van der Waals surface area (Å²) in [5.74, 6) is -0.787. The molecular weight excluding hydrogens is 414 g/mol. The zero-order chi connectivity index (χ0) is 20.9. The third-order valence-electron chi connectivity index (χ3n) is 4.79. The molecule has 1 aromatic carbocycles. The molecule has 0 bridgehead atoms. The van der Waals surface area contributed by atoms with Gasteiger partial charge in [-0.15, -0.1) is 0 Å². The Balaban J connectivity index is 1.60. The normalized spacial score (nSPS) is 17.4. The summed E-state index contributed by atoms with van der Waals surface area (Å²) in [4.78, 5) is 14.3. The molecule has 29 heavy (non-hydrogen) atoms. The van der Waals surface area contributed by atoms with E-state index in [0.29, 0.717) is 11.4 Å². The number of anilines is 1. The van der Waals surface area contributed by atoms with Crippen LogP contribution in [0.2, 0.25) is 5.02 Å². The Bertz CT molecular complexity index is 1070. The average Bonchev–Trinajstić information content (AvgIpc) is 3.35. The van der Waals surface area contributed by atoms with Crippen molar-refractivity contribution in [1.29, 1.82) is 0 Å². The molecule has 6 nitrogen and oxygen atoms in total. The highest BCUT2D eigenvalue weighted by molar-refractivity contribution is 6.32. The van der Waals surface area contributed by atoms with E-state index in [4.69, 9.17) is 11.6 Å². The quantitative estimate of drug-likeness (QED) is 0.590. The highest BCUT2D eigenvalue weighted by atomic mass is 35.5. The Labute approximate surface area is 167 Å². The topological polar surface area (TPSA) is 56.0 Å². The summed E-state index contributed by atoms with van der Waals surface area (Å²) in [7, 11) is 0. The molecule has 3 heterocycles. The summed E-state index contributed by atoms with van der Waals surface area (Å²) < 4.78 is 54.8. The van der Waals surface area contributed by atoms with E-state index >= 15 is 0 Å². The van der Waals surface area contributed by atoms with Crippen LogP contribution in [0, 0.1) is 12.7 Å². The second-order valence-electron chi connectivity index (χ2n) is 6.60. The summed E-state index contributed by atoms with van der Waals surface area (Å²) in [5.41, 5.74) is -0.0348. The van der Waals surface area contributed by atoms with Crippen molar-refractivity contribution in [1.82, 2.24) is 19.6 Å². The molecule has 2 aromatic heterocycles. The lowest BCUT2D eigenvalue weighted by Gasteiger charge is -2.15. The number of hydrogen-bond donors (Lipinski definition) is 0. The van der Waals surface area contributed by atoms with Crippen LogP contribution in [0.4, 0.5) is 23.2 Å². The Morgan fingerprint density at radius 1 is 1.17 bits per heavy atom. The molecule has 3 aromatic rings. The second kappa shape index (κ2) is 6.87. The largest absolute Gasteiger partial charge is 0.436 e. The van der Waals surface area contributed by atoms with Gasteiger partial charge in [-0.25, -0.2) is 9.07 Å².